The number of aromatic hydroxyl groups is 1. The minimum atomic E-state index is -0.00475. The first-order valence-corrected chi connectivity index (χ1v) is 3.99. The first-order chi connectivity index (χ1) is 4.61. The van der Waals surface area contributed by atoms with Gasteiger partial charge in [0, 0.05) is 10.5 Å². The van der Waals surface area contributed by atoms with Crippen LogP contribution >= 0.6 is 39.1 Å². The Hall–Kier alpha value is 1.08. The van der Waals surface area contributed by atoms with Gasteiger partial charge in [0.15, 0.2) is 0 Å². The van der Waals surface area contributed by atoms with Crippen molar-refractivity contribution >= 4 is 39.1 Å². The Morgan fingerprint density at radius 2 is 1.82 bits per heavy atom. The van der Waals surface area contributed by atoms with Gasteiger partial charge in [-0.25, -0.2) is 0 Å². The molecule has 1 nitrogen and oxygen atoms in total. The average Bonchev–Trinajstić information content (AvgIpc) is 1.84. The summed E-state index contributed by atoms with van der Waals surface area (Å²) >= 11 is 14.3. The van der Waals surface area contributed by atoms with E-state index < -0.39 is 0 Å². The van der Waals surface area contributed by atoms with Gasteiger partial charge in [-0.2, -0.15) is 0 Å². The molecule has 0 unspecified atom stereocenters. The Balaban J connectivity index is 0. The van der Waals surface area contributed by atoms with E-state index in [9.17, 15) is 0 Å². The minimum Gasteiger partial charge on any atom is -1.00 e. The summed E-state index contributed by atoms with van der Waals surface area (Å²) in [5.74, 6) is -0.00475. The minimum absolute atomic E-state index is 0. The fourth-order valence-corrected chi connectivity index (χ4v) is 1.31. The van der Waals surface area contributed by atoms with Crippen LogP contribution in [0.3, 0.4) is 0 Å². The van der Waals surface area contributed by atoms with Crippen LogP contribution in [0.4, 0.5) is 0 Å². The van der Waals surface area contributed by atoms with E-state index in [1.54, 1.807) is 6.07 Å². The van der Waals surface area contributed by atoms with Crippen molar-refractivity contribution in [2.45, 2.75) is 0 Å². The third kappa shape index (κ3) is 3.13. The monoisotopic (exact) mass is 264 g/mol. The molecule has 56 valence electrons. The Morgan fingerprint density at radius 1 is 1.27 bits per heavy atom. The van der Waals surface area contributed by atoms with Crippen LogP contribution in [0.5, 0.6) is 5.75 Å². The summed E-state index contributed by atoms with van der Waals surface area (Å²) in [6.45, 7) is 0. The molecule has 1 rings (SSSR count). The van der Waals surface area contributed by atoms with E-state index in [1.807, 2.05) is 0 Å². The number of halogens is 3. The van der Waals surface area contributed by atoms with Crippen LogP contribution in [0.15, 0.2) is 16.6 Å². The SMILES string of the molecule is Oc1cc(Cl)c(Br)cc1Cl.[H-].[Na+]. The fraction of sp³-hybridized carbons (Fsp3) is 0. The quantitative estimate of drug-likeness (QED) is 0.538. The van der Waals surface area contributed by atoms with Gasteiger partial charge in [-0.15, -0.1) is 0 Å². The molecule has 0 heterocycles. The standard InChI is InChI=1S/C6H3BrCl2O.Na.H/c7-3-1-5(9)6(10)2-4(3)8;;/h1-2,10H;;/q;+1;-1. The smallest absolute Gasteiger partial charge is 1.00 e. The summed E-state index contributed by atoms with van der Waals surface area (Å²) < 4.78 is 0.678. The fourth-order valence-electron chi connectivity index (χ4n) is 0.512. The van der Waals surface area contributed by atoms with Crippen LogP contribution < -0.4 is 29.6 Å². The number of hydrogen-bond acceptors (Lipinski definition) is 1. The summed E-state index contributed by atoms with van der Waals surface area (Å²) in [4.78, 5) is 0. The largest absolute Gasteiger partial charge is 1.00 e. The molecule has 0 bridgehead atoms. The summed E-state index contributed by atoms with van der Waals surface area (Å²) in [5, 5.41) is 9.72. The zero-order valence-corrected chi connectivity index (χ0v) is 10.8. The van der Waals surface area contributed by atoms with Gasteiger partial charge >= 0.3 is 29.6 Å². The number of rotatable bonds is 0. The molecule has 5 heteroatoms. The first kappa shape index (κ1) is 12.1. The number of phenolic OH excluding ortho intramolecular Hbond substituents is 1. The zero-order chi connectivity index (χ0) is 7.72. The van der Waals surface area contributed by atoms with Gasteiger partial charge in [0.2, 0.25) is 0 Å². The molecule has 1 aromatic carbocycles. The third-order valence-electron chi connectivity index (χ3n) is 0.990. The molecule has 0 aliphatic carbocycles. The second-order valence-electron chi connectivity index (χ2n) is 1.72. The predicted octanol–water partition coefficient (Wildman–Crippen LogP) is 0.578. The van der Waals surface area contributed by atoms with Crippen LogP contribution in [0, 0.1) is 0 Å². The Bertz CT molecular complexity index is 222. The van der Waals surface area contributed by atoms with Gasteiger partial charge in [-0.1, -0.05) is 23.2 Å². The molecule has 0 aliphatic heterocycles. The molecule has 0 saturated heterocycles. The van der Waals surface area contributed by atoms with Crippen molar-refractivity contribution in [3.05, 3.63) is 26.7 Å². The maximum Gasteiger partial charge on any atom is 1.00 e. The number of benzene rings is 1. The molecule has 11 heavy (non-hydrogen) atoms. The Labute approximate surface area is 107 Å². The molecular formula is C6H4BrCl2NaO. The van der Waals surface area contributed by atoms with Crippen LogP contribution in [-0.2, 0) is 0 Å². The molecule has 0 radical (unpaired) electrons. The topological polar surface area (TPSA) is 20.2 Å². The molecule has 0 saturated carbocycles. The van der Waals surface area contributed by atoms with Gasteiger partial charge in [-0.05, 0) is 22.0 Å². The van der Waals surface area contributed by atoms with Gasteiger partial charge in [0.1, 0.15) is 5.75 Å². The van der Waals surface area contributed by atoms with E-state index in [1.165, 1.54) is 6.07 Å². The molecule has 0 atom stereocenters. The third-order valence-corrected chi connectivity index (χ3v) is 2.49. The van der Waals surface area contributed by atoms with Crippen molar-refractivity contribution in [1.82, 2.24) is 0 Å². The molecule has 1 N–H and O–H groups in total. The van der Waals surface area contributed by atoms with Crippen molar-refractivity contribution in [3.8, 4) is 5.75 Å². The molecular weight excluding hydrogens is 262 g/mol. The maximum atomic E-state index is 8.99. The average molecular weight is 266 g/mol. The summed E-state index contributed by atoms with van der Waals surface area (Å²) in [6, 6.07) is 2.92. The van der Waals surface area contributed by atoms with E-state index in [4.69, 9.17) is 28.3 Å². The molecule has 0 spiro atoms. The van der Waals surface area contributed by atoms with Crippen molar-refractivity contribution in [2.24, 2.45) is 0 Å². The van der Waals surface area contributed by atoms with Crippen molar-refractivity contribution in [2.75, 3.05) is 0 Å². The summed E-state index contributed by atoms with van der Waals surface area (Å²) in [6.07, 6.45) is 0. The molecule has 0 amide bonds. The van der Waals surface area contributed by atoms with E-state index in [2.05, 4.69) is 15.9 Å². The summed E-state index contributed by atoms with van der Waals surface area (Å²) in [5.41, 5.74) is 0. The second kappa shape index (κ2) is 4.95. The Kier molecular flexibility index (Phi) is 5.44. The van der Waals surface area contributed by atoms with Crippen LogP contribution in [0.25, 0.3) is 0 Å². The maximum absolute atomic E-state index is 8.99. The van der Waals surface area contributed by atoms with Gasteiger partial charge in [-0.3, -0.25) is 0 Å². The summed E-state index contributed by atoms with van der Waals surface area (Å²) in [7, 11) is 0. The van der Waals surface area contributed by atoms with Gasteiger partial charge in [0.05, 0.1) is 10.0 Å². The molecule has 0 fully saturated rings. The van der Waals surface area contributed by atoms with Crippen molar-refractivity contribution in [3.63, 3.8) is 0 Å². The van der Waals surface area contributed by atoms with Gasteiger partial charge in [0.25, 0.3) is 0 Å². The number of hydrogen-bond donors (Lipinski definition) is 1. The van der Waals surface area contributed by atoms with Crippen LogP contribution in [0.1, 0.15) is 1.43 Å². The van der Waals surface area contributed by atoms with E-state index in [0.29, 0.717) is 9.50 Å². The van der Waals surface area contributed by atoms with E-state index >= 15 is 0 Å². The van der Waals surface area contributed by atoms with Crippen molar-refractivity contribution < 1.29 is 36.1 Å². The van der Waals surface area contributed by atoms with E-state index in [-0.39, 0.29) is 41.8 Å². The van der Waals surface area contributed by atoms with Gasteiger partial charge < -0.3 is 6.53 Å². The number of phenols is 1. The first-order valence-electron chi connectivity index (χ1n) is 2.45. The Morgan fingerprint density at radius 3 is 2.27 bits per heavy atom. The van der Waals surface area contributed by atoms with E-state index in [0.717, 1.165) is 0 Å². The second-order valence-corrected chi connectivity index (χ2v) is 3.39. The van der Waals surface area contributed by atoms with Crippen LogP contribution in [-0.4, -0.2) is 5.11 Å². The van der Waals surface area contributed by atoms with Crippen LogP contribution in [0.2, 0.25) is 10.0 Å². The normalized spacial score (nSPS) is 9.00. The molecule has 0 aliphatic rings. The predicted molar refractivity (Wildman–Crippen MR) is 46.9 cm³/mol. The molecule has 1 aromatic rings. The zero-order valence-electron chi connectivity index (χ0n) is 6.74. The molecule has 0 aromatic heterocycles. The van der Waals surface area contributed by atoms with Crippen molar-refractivity contribution in [1.29, 1.82) is 0 Å².